The molecule has 20 heavy (non-hydrogen) atoms. The first-order valence-corrected chi connectivity index (χ1v) is 5.90. The van der Waals surface area contributed by atoms with E-state index in [2.05, 4.69) is 5.32 Å². The second-order valence-corrected chi connectivity index (χ2v) is 4.51. The molecule has 0 unspecified atom stereocenters. The predicted octanol–water partition coefficient (Wildman–Crippen LogP) is 1.05. The minimum Gasteiger partial charge on any atom is -0.508 e. The third-order valence-corrected chi connectivity index (χ3v) is 3.17. The Bertz CT molecular complexity index is 814. The van der Waals surface area contributed by atoms with Gasteiger partial charge in [-0.2, -0.15) is 0 Å². The lowest BCUT2D eigenvalue weighted by molar-refractivity contribution is -0.123. The molecule has 2 heterocycles. The molecule has 100 valence electrons. The van der Waals surface area contributed by atoms with Crippen molar-refractivity contribution in [2.75, 3.05) is 0 Å². The molecule has 1 aromatic carbocycles. The Morgan fingerprint density at radius 3 is 2.65 bits per heavy atom. The van der Waals surface area contributed by atoms with Crippen LogP contribution in [0.1, 0.15) is 17.3 Å². The van der Waals surface area contributed by atoms with Crippen LogP contribution in [0, 0.1) is 0 Å². The quantitative estimate of drug-likeness (QED) is 0.758. The second-order valence-electron chi connectivity index (χ2n) is 4.51. The molecule has 6 nitrogen and oxygen atoms in total. The van der Waals surface area contributed by atoms with Crippen LogP contribution in [-0.4, -0.2) is 27.4 Å². The molecule has 2 amide bonds. The van der Waals surface area contributed by atoms with Crippen LogP contribution in [0.4, 0.5) is 0 Å². The van der Waals surface area contributed by atoms with Gasteiger partial charge in [-0.05, 0) is 18.2 Å². The summed E-state index contributed by atoms with van der Waals surface area (Å²) < 4.78 is 1.38. The van der Waals surface area contributed by atoms with E-state index in [4.69, 9.17) is 0 Å². The number of phenolic OH excluding ortho intramolecular Hbond substituents is 1. The van der Waals surface area contributed by atoms with Crippen molar-refractivity contribution >= 4 is 34.2 Å². The van der Waals surface area contributed by atoms with Gasteiger partial charge in [0.2, 0.25) is 5.91 Å². The molecule has 0 fully saturated rings. The number of amides is 2. The second kappa shape index (κ2) is 4.06. The molecule has 3 rings (SSSR count). The molecule has 2 N–H and O–H groups in total. The first-order chi connectivity index (χ1) is 9.47. The zero-order chi connectivity index (χ0) is 14.4. The summed E-state index contributed by atoms with van der Waals surface area (Å²) in [6.45, 7) is 1.39. The molecular formula is C14H10N2O4. The topological polar surface area (TPSA) is 88.4 Å². The number of aromatic hydroxyl groups is 1. The van der Waals surface area contributed by atoms with Crippen molar-refractivity contribution in [1.29, 1.82) is 0 Å². The molecule has 0 bridgehead atoms. The zero-order valence-electron chi connectivity index (χ0n) is 10.5. The van der Waals surface area contributed by atoms with Gasteiger partial charge in [0.25, 0.3) is 11.8 Å². The highest BCUT2D eigenvalue weighted by Gasteiger charge is 2.25. The summed E-state index contributed by atoms with van der Waals surface area (Å²) in [7, 11) is 0. The maximum absolute atomic E-state index is 11.7. The SMILES string of the molecule is CC(=O)n1cc(C2=CC(=O)NC2=O)c2cc(O)ccc21. The van der Waals surface area contributed by atoms with Gasteiger partial charge >= 0.3 is 0 Å². The predicted molar refractivity (Wildman–Crippen MR) is 71.0 cm³/mol. The number of hydrogen-bond acceptors (Lipinski definition) is 4. The zero-order valence-corrected chi connectivity index (χ0v) is 10.5. The van der Waals surface area contributed by atoms with E-state index in [1.54, 1.807) is 6.07 Å². The van der Waals surface area contributed by atoms with Crippen LogP contribution in [0.3, 0.4) is 0 Å². The van der Waals surface area contributed by atoms with E-state index in [1.807, 2.05) is 0 Å². The fraction of sp³-hybridized carbons (Fsp3) is 0.0714. The van der Waals surface area contributed by atoms with Gasteiger partial charge in [0.1, 0.15) is 5.75 Å². The Kier molecular flexibility index (Phi) is 2.47. The number of imide groups is 1. The van der Waals surface area contributed by atoms with Gasteiger partial charge in [0, 0.05) is 30.1 Å². The number of fused-ring (bicyclic) bond motifs is 1. The number of phenols is 1. The monoisotopic (exact) mass is 270 g/mol. The van der Waals surface area contributed by atoms with Crippen molar-refractivity contribution in [2.24, 2.45) is 0 Å². The molecule has 0 saturated carbocycles. The van der Waals surface area contributed by atoms with Crippen LogP contribution < -0.4 is 5.32 Å². The van der Waals surface area contributed by atoms with Crippen molar-refractivity contribution in [3.8, 4) is 5.75 Å². The molecule has 0 spiro atoms. The summed E-state index contributed by atoms with van der Waals surface area (Å²) in [6.07, 6.45) is 2.68. The van der Waals surface area contributed by atoms with E-state index in [0.717, 1.165) is 0 Å². The molecule has 1 aliphatic rings. The highest BCUT2D eigenvalue weighted by molar-refractivity contribution is 6.35. The number of carbonyl (C=O) groups is 3. The number of benzene rings is 1. The summed E-state index contributed by atoms with van der Waals surface area (Å²) in [5.74, 6) is -1.21. The summed E-state index contributed by atoms with van der Waals surface area (Å²) in [5.41, 5.74) is 1.19. The smallest absolute Gasteiger partial charge is 0.258 e. The Hall–Kier alpha value is -2.89. The Morgan fingerprint density at radius 1 is 1.30 bits per heavy atom. The minimum atomic E-state index is -0.513. The number of aromatic nitrogens is 1. The lowest BCUT2D eigenvalue weighted by Gasteiger charge is -1.99. The third-order valence-electron chi connectivity index (χ3n) is 3.17. The third kappa shape index (κ3) is 1.70. The first kappa shape index (κ1) is 12.2. The van der Waals surface area contributed by atoms with Gasteiger partial charge in [-0.1, -0.05) is 0 Å². The molecule has 0 radical (unpaired) electrons. The van der Waals surface area contributed by atoms with Crippen LogP contribution in [0.5, 0.6) is 5.75 Å². The van der Waals surface area contributed by atoms with Gasteiger partial charge in [-0.15, -0.1) is 0 Å². The van der Waals surface area contributed by atoms with Gasteiger partial charge in [-0.3, -0.25) is 24.3 Å². The van der Waals surface area contributed by atoms with Crippen molar-refractivity contribution in [3.05, 3.63) is 36.0 Å². The van der Waals surface area contributed by atoms with Gasteiger partial charge in [0.05, 0.1) is 11.1 Å². The van der Waals surface area contributed by atoms with E-state index < -0.39 is 11.8 Å². The van der Waals surface area contributed by atoms with Crippen LogP contribution in [0.25, 0.3) is 16.5 Å². The normalized spacial score (nSPS) is 14.6. The summed E-state index contributed by atoms with van der Waals surface area (Å²) in [4.78, 5) is 34.6. The number of rotatable bonds is 1. The van der Waals surface area contributed by atoms with Crippen LogP contribution in [-0.2, 0) is 9.59 Å². The standard InChI is InChI=1S/C14H10N2O4/c1-7(17)16-6-11(10-5-13(19)15-14(10)20)9-4-8(18)2-3-12(9)16/h2-6,18H,1H3,(H,15,19,20). The van der Waals surface area contributed by atoms with Crippen molar-refractivity contribution in [3.63, 3.8) is 0 Å². The molecule has 1 aliphatic heterocycles. The van der Waals surface area contributed by atoms with E-state index in [0.29, 0.717) is 16.5 Å². The number of nitrogens with zero attached hydrogens (tertiary/aromatic N) is 1. The van der Waals surface area contributed by atoms with E-state index >= 15 is 0 Å². The molecule has 2 aromatic rings. The Morgan fingerprint density at radius 2 is 2.05 bits per heavy atom. The van der Waals surface area contributed by atoms with Gasteiger partial charge < -0.3 is 5.11 Å². The fourth-order valence-corrected chi connectivity index (χ4v) is 2.31. The lowest BCUT2D eigenvalue weighted by atomic mass is 10.1. The maximum Gasteiger partial charge on any atom is 0.258 e. The molecule has 0 atom stereocenters. The van der Waals surface area contributed by atoms with E-state index in [-0.39, 0.29) is 17.2 Å². The largest absolute Gasteiger partial charge is 0.508 e. The van der Waals surface area contributed by atoms with E-state index in [1.165, 1.54) is 35.9 Å². The fourth-order valence-electron chi connectivity index (χ4n) is 2.31. The van der Waals surface area contributed by atoms with Crippen molar-refractivity contribution in [2.45, 2.75) is 6.92 Å². The average Bonchev–Trinajstić information content (AvgIpc) is 2.89. The van der Waals surface area contributed by atoms with Crippen LogP contribution in [0.2, 0.25) is 0 Å². The Labute approximate surface area is 113 Å². The Balaban J connectivity index is 2.33. The highest BCUT2D eigenvalue weighted by atomic mass is 16.3. The molecule has 6 heteroatoms. The molecule has 0 saturated heterocycles. The first-order valence-electron chi connectivity index (χ1n) is 5.90. The average molecular weight is 270 g/mol. The maximum atomic E-state index is 11.7. The van der Waals surface area contributed by atoms with Crippen molar-refractivity contribution < 1.29 is 19.5 Å². The van der Waals surface area contributed by atoms with Crippen molar-refractivity contribution in [1.82, 2.24) is 9.88 Å². The minimum absolute atomic E-state index is 0.0189. The highest BCUT2D eigenvalue weighted by Crippen LogP contribution is 2.31. The summed E-state index contributed by atoms with van der Waals surface area (Å²) in [6, 6.07) is 4.51. The molecule has 1 aromatic heterocycles. The summed E-state index contributed by atoms with van der Waals surface area (Å²) >= 11 is 0. The lowest BCUT2D eigenvalue weighted by Crippen LogP contribution is -2.21. The summed E-state index contributed by atoms with van der Waals surface area (Å²) in [5, 5.41) is 12.3. The van der Waals surface area contributed by atoms with Crippen LogP contribution >= 0.6 is 0 Å². The van der Waals surface area contributed by atoms with Gasteiger partial charge in [0.15, 0.2) is 0 Å². The van der Waals surface area contributed by atoms with E-state index in [9.17, 15) is 19.5 Å². The number of nitrogens with one attached hydrogen (secondary N) is 1. The molecular weight excluding hydrogens is 260 g/mol. The van der Waals surface area contributed by atoms with Gasteiger partial charge in [-0.25, -0.2) is 0 Å². The van der Waals surface area contributed by atoms with Crippen LogP contribution in [0.15, 0.2) is 30.5 Å². The number of carbonyl (C=O) groups excluding carboxylic acids is 3. The molecule has 0 aliphatic carbocycles. The number of hydrogen-bond donors (Lipinski definition) is 2.